The maximum absolute atomic E-state index is 13.0. The number of piperidine rings is 2. The molecule has 2 amide bonds. The number of carbonyl (C=O) groups is 2. The second-order valence-corrected chi connectivity index (χ2v) is 10.6. The molecule has 2 aliphatic rings. The highest BCUT2D eigenvalue weighted by molar-refractivity contribution is 6.42. The molecule has 2 unspecified atom stereocenters. The molecule has 0 saturated carbocycles. The van der Waals surface area contributed by atoms with Crippen molar-refractivity contribution in [1.29, 1.82) is 0 Å². The van der Waals surface area contributed by atoms with Crippen molar-refractivity contribution >= 4 is 40.7 Å². The lowest BCUT2D eigenvalue weighted by atomic mass is 9.86. The zero-order valence-corrected chi connectivity index (χ0v) is 22.3. The van der Waals surface area contributed by atoms with Crippen LogP contribution in [0.25, 0.3) is 0 Å². The lowest BCUT2D eigenvalue weighted by Crippen LogP contribution is -2.44. The number of carbonyl (C=O) groups excluding carboxylic acids is 2. The second-order valence-electron chi connectivity index (χ2n) is 9.77. The van der Waals surface area contributed by atoms with Gasteiger partial charge in [0, 0.05) is 57.5 Å². The molecule has 2 aliphatic heterocycles. The van der Waals surface area contributed by atoms with E-state index in [4.69, 9.17) is 23.2 Å². The van der Waals surface area contributed by atoms with E-state index in [1.165, 1.54) is 0 Å². The van der Waals surface area contributed by atoms with Crippen LogP contribution in [0.15, 0.2) is 42.7 Å². The van der Waals surface area contributed by atoms with Gasteiger partial charge < -0.3 is 20.4 Å². The SMILES string of the molecule is CC(=O)N1CCC(C(=O)NCCCN2CCC(Nc3cccnc3)CC2)CC1c1ccc(Cl)c(Cl)c1. The fraction of sp³-hybridized carbons (Fsp3) is 0.519. The van der Waals surface area contributed by atoms with E-state index in [2.05, 4.69) is 26.6 Å². The summed E-state index contributed by atoms with van der Waals surface area (Å²) < 4.78 is 0. The Morgan fingerprint density at radius 1 is 1.08 bits per heavy atom. The van der Waals surface area contributed by atoms with Crippen LogP contribution in [0, 0.1) is 5.92 Å². The molecule has 0 spiro atoms. The molecule has 4 rings (SSSR count). The first-order chi connectivity index (χ1) is 17.4. The Morgan fingerprint density at radius 2 is 1.89 bits per heavy atom. The van der Waals surface area contributed by atoms with Crippen molar-refractivity contribution in [3.63, 3.8) is 0 Å². The Kier molecular flexibility index (Phi) is 9.46. The molecule has 2 aromatic rings. The van der Waals surface area contributed by atoms with Crippen LogP contribution in [-0.4, -0.2) is 65.4 Å². The summed E-state index contributed by atoms with van der Waals surface area (Å²) in [7, 11) is 0. The minimum Gasteiger partial charge on any atom is -0.381 e. The third kappa shape index (κ3) is 7.11. The van der Waals surface area contributed by atoms with Crippen molar-refractivity contribution in [3.8, 4) is 0 Å². The predicted octanol–water partition coefficient (Wildman–Crippen LogP) is 4.77. The average molecular weight is 533 g/mol. The maximum Gasteiger partial charge on any atom is 0.223 e. The van der Waals surface area contributed by atoms with Crippen LogP contribution in [0.5, 0.6) is 0 Å². The van der Waals surface area contributed by atoms with Gasteiger partial charge in [-0.3, -0.25) is 14.6 Å². The van der Waals surface area contributed by atoms with Gasteiger partial charge in [0.1, 0.15) is 0 Å². The standard InChI is InChI=1S/C27H35Cl2N5O2/c1-19(35)34-15-7-21(17-26(34)20-5-6-24(28)25(29)16-20)27(36)31-11-3-12-33-13-8-22(9-14-33)32-23-4-2-10-30-18-23/h2,4-6,10,16,18,21-22,26,32H,3,7-9,11-15,17H2,1H3,(H,31,36). The van der Waals surface area contributed by atoms with Crippen LogP contribution in [0.1, 0.15) is 50.6 Å². The number of anilines is 1. The fourth-order valence-corrected chi connectivity index (χ4v) is 5.57. The average Bonchev–Trinajstić information content (AvgIpc) is 2.89. The molecule has 0 aliphatic carbocycles. The lowest BCUT2D eigenvalue weighted by molar-refractivity contribution is -0.137. The first-order valence-corrected chi connectivity index (χ1v) is 13.5. The lowest BCUT2D eigenvalue weighted by Gasteiger charge is -2.39. The van der Waals surface area contributed by atoms with Crippen molar-refractivity contribution in [2.24, 2.45) is 5.92 Å². The molecule has 36 heavy (non-hydrogen) atoms. The van der Waals surface area contributed by atoms with Crippen molar-refractivity contribution < 1.29 is 9.59 Å². The first kappa shape index (κ1) is 26.7. The summed E-state index contributed by atoms with van der Waals surface area (Å²) >= 11 is 12.3. The summed E-state index contributed by atoms with van der Waals surface area (Å²) in [5.41, 5.74) is 1.99. The van der Waals surface area contributed by atoms with Crippen molar-refractivity contribution in [2.75, 3.05) is 38.0 Å². The van der Waals surface area contributed by atoms with Crippen LogP contribution in [0.2, 0.25) is 10.0 Å². The number of halogens is 2. The molecule has 1 aromatic carbocycles. The van der Waals surface area contributed by atoms with Crippen LogP contribution in [-0.2, 0) is 9.59 Å². The highest BCUT2D eigenvalue weighted by Crippen LogP contribution is 2.36. The van der Waals surface area contributed by atoms with Crippen LogP contribution >= 0.6 is 23.2 Å². The maximum atomic E-state index is 13.0. The number of hydrogen-bond acceptors (Lipinski definition) is 5. The number of pyridine rings is 1. The van der Waals surface area contributed by atoms with Gasteiger partial charge in [-0.15, -0.1) is 0 Å². The zero-order chi connectivity index (χ0) is 25.5. The molecule has 2 fully saturated rings. The smallest absolute Gasteiger partial charge is 0.223 e. The van der Waals surface area contributed by atoms with Gasteiger partial charge in [0.2, 0.25) is 11.8 Å². The van der Waals surface area contributed by atoms with E-state index < -0.39 is 0 Å². The molecule has 0 bridgehead atoms. The van der Waals surface area contributed by atoms with Crippen molar-refractivity contribution in [3.05, 3.63) is 58.3 Å². The van der Waals surface area contributed by atoms with Gasteiger partial charge in [0.15, 0.2) is 0 Å². The topological polar surface area (TPSA) is 77.6 Å². The van der Waals surface area contributed by atoms with Gasteiger partial charge in [0.25, 0.3) is 0 Å². The normalized spacial score (nSPS) is 21.2. The Hall–Kier alpha value is -2.35. The monoisotopic (exact) mass is 531 g/mol. The second kappa shape index (κ2) is 12.7. The van der Waals surface area contributed by atoms with Gasteiger partial charge in [0.05, 0.1) is 21.8 Å². The van der Waals surface area contributed by atoms with Gasteiger partial charge in [-0.2, -0.15) is 0 Å². The number of amides is 2. The van der Waals surface area contributed by atoms with E-state index in [1.807, 2.05) is 23.2 Å². The van der Waals surface area contributed by atoms with E-state index in [1.54, 1.807) is 25.3 Å². The largest absolute Gasteiger partial charge is 0.381 e. The Balaban J connectivity index is 1.19. The Morgan fingerprint density at radius 3 is 2.58 bits per heavy atom. The summed E-state index contributed by atoms with van der Waals surface area (Å²) in [4.78, 5) is 33.7. The number of aromatic nitrogens is 1. The molecule has 194 valence electrons. The summed E-state index contributed by atoms with van der Waals surface area (Å²) in [5.74, 6) is -0.0543. The molecule has 9 heteroatoms. The van der Waals surface area contributed by atoms with Gasteiger partial charge >= 0.3 is 0 Å². The minimum absolute atomic E-state index is 0.00402. The van der Waals surface area contributed by atoms with Crippen LogP contribution in [0.4, 0.5) is 5.69 Å². The molecule has 7 nitrogen and oxygen atoms in total. The number of hydrogen-bond donors (Lipinski definition) is 2. The zero-order valence-electron chi connectivity index (χ0n) is 20.8. The van der Waals surface area contributed by atoms with Crippen LogP contribution in [0.3, 0.4) is 0 Å². The summed E-state index contributed by atoms with van der Waals surface area (Å²) in [6.07, 6.45) is 8.04. The molecular formula is C27H35Cl2N5O2. The van der Waals surface area contributed by atoms with E-state index in [-0.39, 0.29) is 23.8 Å². The fourth-order valence-electron chi connectivity index (χ4n) is 5.26. The highest BCUT2D eigenvalue weighted by atomic mass is 35.5. The van der Waals surface area contributed by atoms with Crippen LogP contribution < -0.4 is 10.6 Å². The van der Waals surface area contributed by atoms with E-state index >= 15 is 0 Å². The Labute approximate surface area is 223 Å². The third-order valence-electron chi connectivity index (χ3n) is 7.28. The van der Waals surface area contributed by atoms with Crippen molar-refractivity contribution in [2.45, 2.75) is 51.1 Å². The van der Waals surface area contributed by atoms with E-state index in [0.717, 1.165) is 50.1 Å². The summed E-state index contributed by atoms with van der Waals surface area (Å²) in [6, 6.07) is 9.76. The van der Waals surface area contributed by atoms with Gasteiger partial charge in [-0.1, -0.05) is 29.3 Å². The Bertz CT molecular complexity index is 1030. The number of likely N-dealkylation sites (tertiary alicyclic amines) is 2. The predicted molar refractivity (Wildman–Crippen MR) is 144 cm³/mol. The minimum atomic E-state index is -0.177. The highest BCUT2D eigenvalue weighted by Gasteiger charge is 2.34. The quantitative estimate of drug-likeness (QED) is 0.479. The molecule has 3 heterocycles. The third-order valence-corrected chi connectivity index (χ3v) is 8.02. The molecular weight excluding hydrogens is 497 g/mol. The first-order valence-electron chi connectivity index (χ1n) is 12.8. The number of nitrogens with one attached hydrogen (secondary N) is 2. The summed E-state index contributed by atoms with van der Waals surface area (Å²) in [5, 5.41) is 7.64. The molecule has 2 N–H and O–H groups in total. The van der Waals surface area contributed by atoms with Gasteiger partial charge in [-0.25, -0.2) is 0 Å². The molecule has 0 radical (unpaired) electrons. The molecule has 1 aromatic heterocycles. The van der Waals surface area contributed by atoms with Crippen molar-refractivity contribution in [1.82, 2.24) is 20.1 Å². The summed E-state index contributed by atoms with van der Waals surface area (Å²) in [6.45, 7) is 5.89. The number of nitrogens with zero attached hydrogens (tertiary/aromatic N) is 3. The number of rotatable bonds is 8. The number of benzene rings is 1. The molecule has 2 saturated heterocycles. The van der Waals surface area contributed by atoms with Gasteiger partial charge in [-0.05, 0) is 68.5 Å². The van der Waals surface area contributed by atoms with E-state index in [9.17, 15) is 9.59 Å². The molecule has 2 atom stereocenters. The van der Waals surface area contributed by atoms with E-state index in [0.29, 0.717) is 42.0 Å².